The van der Waals surface area contributed by atoms with E-state index in [0.29, 0.717) is 17.8 Å². The number of benzene rings is 1. The van der Waals surface area contributed by atoms with E-state index in [1.165, 1.54) is 0 Å². The van der Waals surface area contributed by atoms with Crippen LogP contribution in [-0.4, -0.2) is 26.5 Å². The summed E-state index contributed by atoms with van der Waals surface area (Å²) in [6.45, 7) is 1.93. The molecule has 0 aliphatic heterocycles. The SMILES string of the molecule is CCS(=O)(=O)CCNc1ccc(Br)cc1C#N. The van der Waals surface area contributed by atoms with Gasteiger partial charge in [0.25, 0.3) is 0 Å². The van der Waals surface area contributed by atoms with Crippen LogP contribution in [0.3, 0.4) is 0 Å². The van der Waals surface area contributed by atoms with Crippen LogP contribution in [0.15, 0.2) is 22.7 Å². The number of nitrogens with one attached hydrogen (secondary N) is 1. The third kappa shape index (κ3) is 4.36. The second-order valence-corrected chi connectivity index (χ2v) is 6.85. The molecule has 0 aliphatic carbocycles. The number of hydrogen-bond acceptors (Lipinski definition) is 4. The summed E-state index contributed by atoms with van der Waals surface area (Å²) >= 11 is 3.27. The summed E-state index contributed by atoms with van der Waals surface area (Å²) in [7, 11) is -2.97. The van der Waals surface area contributed by atoms with Gasteiger partial charge in [-0.1, -0.05) is 22.9 Å². The van der Waals surface area contributed by atoms with Gasteiger partial charge in [-0.15, -0.1) is 0 Å². The Bertz CT molecular complexity index is 535. The van der Waals surface area contributed by atoms with Crippen molar-refractivity contribution in [1.82, 2.24) is 0 Å². The molecule has 0 atom stereocenters. The third-order valence-corrected chi connectivity index (χ3v) is 4.47. The van der Waals surface area contributed by atoms with E-state index in [9.17, 15) is 8.42 Å². The molecular weight excluding hydrogens is 304 g/mol. The molecule has 0 heterocycles. The van der Waals surface area contributed by atoms with Crippen molar-refractivity contribution in [2.45, 2.75) is 6.92 Å². The van der Waals surface area contributed by atoms with Crippen LogP contribution in [0.1, 0.15) is 12.5 Å². The van der Waals surface area contributed by atoms with E-state index in [1.807, 2.05) is 0 Å². The highest BCUT2D eigenvalue weighted by atomic mass is 79.9. The number of rotatable bonds is 5. The number of halogens is 1. The average Bonchev–Trinajstić information content (AvgIpc) is 2.30. The molecular formula is C11H13BrN2O2S. The molecule has 6 heteroatoms. The Morgan fingerprint density at radius 3 is 2.76 bits per heavy atom. The maximum Gasteiger partial charge on any atom is 0.151 e. The van der Waals surface area contributed by atoms with Gasteiger partial charge in [-0.25, -0.2) is 8.42 Å². The van der Waals surface area contributed by atoms with Crippen LogP contribution in [0.2, 0.25) is 0 Å². The third-order valence-electron chi connectivity index (χ3n) is 2.27. The molecule has 0 saturated heterocycles. The minimum absolute atomic E-state index is 0.0738. The van der Waals surface area contributed by atoms with E-state index < -0.39 is 9.84 Å². The highest BCUT2D eigenvalue weighted by Crippen LogP contribution is 2.19. The molecule has 0 aliphatic rings. The summed E-state index contributed by atoms with van der Waals surface area (Å²) in [5.41, 5.74) is 1.15. The molecule has 0 unspecified atom stereocenters. The van der Waals surface area contributed by atoms with Crippen molar-refractivity contribution in [3.63, 3.8) is 0 Å². The maximum absolute atomic E-state index is 11.3. The summed E-state index contributed by atoms with van der Waals surface area (Å²) in [5, 5.41) is 11.9. The van der Waals surface area contributed by atoms with Crippen molar-refractivity contribution >= 4 is 31.5 Å². The summed E-state index contributed by atoms with van der Waals surface area (Å²) in [6.07, 6.45) is 0. The average molecular weight is 317 g/mol. The van der Waals surface area contributed by atoms with Crippen LogP contribution in [0.5, 0.6) is 0 Å². The van der Waals surface area contributed by atoms with Crippen molar-refractivity contribution in [2.75, 3.05) is 23.4 Å². The van der Waals surface area contributed by atoms with E-state index in [4.69, 9.17) is 5.26 Å². The van der Waals surface area contributed by atoms with Crippen LogP contribution >= 0.6 is 15.9 Å². The van der Waals surface area contributed by atoms with Gasteiger partial charge in [-0.2, -0.15) is 5.26 Å². The predicted molar refractivity (Wildman–Crippen MR) is 71.7 cm³/mol. The fourth-order valence-corrected chi connectivity index (χ4v) is 2.31. The summed E-state index contributed by atoms with van der Waals surface area (Å²) < 4.78 is 23.4. The summed E-state index contributed by atoms with van der Waals surface area (Å²) in [4.78, 5) is 0. The maximum atomic E-state index is 11.3. The first-order valence-electron chi connectivity index (χ1n) is 5.12. The molecule has 0 bridgehead atoms. The Kier molecular flexibility index (Phi) is 4.97. The van der Waals surface area contributed by atoms with Crippen LogP contribution < -0.4 is 5.32 Å². The van der Waals surface area contributed by atoms with Crippen LogP contribution in [0, 0.1) is 11.3 Å². The zero-order valence-electron chi connectivity index (χ0n) is 9.40. The number of nitrogens with zero attached hydrogens (tertiary/aromatic N) is 1. The Hall–Kier alpha value is -1.06. The van der Waals surface area contributed by atoms with Crippen molar-refractivity contribution in [3.05, 3.63) is 28.2 Å². The first-order valence-corrected chi connectivity index (χ1v) is 7.74. The van der Waals surface area contributed by atoms with Gasteiger partial charge in [0.1, 0.15) is 6.07 Å². The van der Waals surface area contributed by atoms with E-state index >= 15 is 0 Å². The second-order valence-electron chi connectivity index (χ2n) is 3.46. The molecule has 92 valence electrons. The van der Waals surface area contributed by atoms with E-state index in [-0.39, 0.29) is 11.5 Å². The van der Waals surface area contributed by atoms with Crippen molar-refractivity contribution in [2.24, 2.45) is 0 Å². The largest absolute Gasteiger partial charge is 0.383 e. The zero-order valence-corrected chi connectivity index (χ0v) is 11.8. The molecule has 1 aromatic carbocycles. The molecule has 1 N–H and O–H groups in total. The highest BCUT2D eigenvalue weighted by molar-refractivity contribution is 9.10. The van der Waals surface area contributed by atoms with Crippen LogP contribution in [0.4, 0.5) is 5.69 Å². The predicted octanol–water partition coefficient (Wildman–Crippen LogP) is 2.17. The molecule has 1 rings (SSSR count). The minimum atomic E-state index is -2.97. The van der Waals surface area contributed by atoms with Crippen molar-refractivity contribution < 1.29 is 8.42 Å². The van der Waals surface area contributed by atoms with Crippen molar-refractivity contribution in [3.8, 4) is 6.07 Å². The first kappa shape index (κ1) is 14.0. The van der Waals surface area contributed by atoms with E-state index in [2.05, 4.69) is 27.3 Å². The van der Waals surface area contributed by atoms with Gasteiger partial charge in [0, 0.05) is 16.8 Å². The van der Waals surface area contributed by atoms with Gasteiger partial charge in [0.15, 0.2) is 9.84 Å². The van der Waals surface area contributed by atoms with Gasteiger partial charge < -0.3 is 5.32 Å². The minimum Gasteiger partial charge on any atom is -0.383 e. The molecule has 0 fully saturated rings. The smallest absolute Gasteiger partial charge is 0.151 e. The molecule has 0 saturated carbocycles. The lowest BCUT2D eigenvalue weighted by atomic mass is 10.2. The monoisotopic (exact) mass is 316 g/mol. The summed E-state index contributed by atoms with van der Waals surface area (Å²) in [5.74, 6) is 0.213. The quantitative estimate of drug-likeness (QED) is 0.903. The highest BCUT2D eigenvalue weighted by Gasteiger charge is 2.07. The van der Waals surface area contributed by atoms with Crippen molar-refractivity contribution in [1.29, 1.82) is 5.26 Å². The van der Waals surface area contributed by atoms with Gasteiger partial charge >= 0.3 is 0 Å². The zero-order chi connectivity index (χ0) is 12.9. The lowest BCUT2D eigenvalue weighted by molar-refractivity contribution is 0.597. The molecule has 17 heavy (non-hydrogen) atoms. The fraction of sp³-hybridized carbons (Fsp3) is 0.364. The van der Waals surface area contributed by atoms with Gasteiger partial charge in [0.2, 0.25) is 0 Å². The topological polar surface area (TPSA) is 70.0 Å². The number of nitriles is 1. The lowest BCUT2D eigenvalue weighted by Gasteiger charge is -2.08. The molecule has 0 amide bonds. The van der Waals surface area contributed by atoms with Gasteiger partial charge in [-0.05, 0) is 18.2 Å². The summed E-state index contributed by atoms with van der Waals surface area (Å²) in [6, 6.07) is 7.30. The van der Waals surface area contributed by atoms with E-state index in [1.54, 1.807) is 25.1 Å². The molecule has 0 radical (unpaired) electrons. The second kappa shape index (κ2) is 6.03. The number of anilines is 1. The number of hydrogen-bond donors (Lipinski definition) is 1. The Labute approximate surface area is 110 Å². The molecule has 1 aromatic rings. The standard InChI is InChI=1S/C11H13BrN2O2S/c1-2-17(15,16)6-5-14-11-4-3-10(12)7-9(11)8-13/h3-4,7,14H,2,5-6H2,1H3. The lowest BCUT2D eigenvalue weighted by Crippen LogP contribution is -2.17. The Morgan fingerprint density at radius 2 is 2.18 bits per heavy atom. The Morgan fingerprint density at radius 1 is 1.47 bits per heavy atom. The first-order chi connectivity index (χ1) is 7.98. The number of sulfone groups is 1. The van der Waals surface area contributed by atoms with Gasteiger partial charge in [0.05, 0.1) is 17.0 Å². The Balaban J connectivity index is 2.68. The fourth-order valence-electron chi connectivity index (χ4n) is 1.25. The normalized spacial score (nSPS) is 10.9. The van der Waals surface area contributed by atoms with Crippen LogP contribution in [0.25, 0.3) is 0 Å². The molecule has 0 spiro atoms. The molecule has 0 aromatic heterocycles. The molecule has 4 nitrogen and oxygen atoms in total. The van der Waals surface area contributed by atoms with Crippen LogP contribution in [-0.2, 0) is 9.84 Å². The van der Waals surface area contributed by atoms with E-state index in [0.717, 1.165) is 4.47 Å². The van der Waals surface area contributed by atoms with Gasteiger partial charge in [-0.3, -0.25) is 0 Å².